The van der Waals surface area contributed by atoms with E-state index in [4.69, 9.17) is 0 Å². The Balaban J connectivity index is 2.45. The lowest BCUT2D eigenvalue weighted by atomic mass is 10.2. The molecule has 0 saturated carbocycles. The molecular formula is C12H10N3O. The number of benzene rings is 1. The fraction of sp³-hybridized carbons (Fsp3) is 0.0833. The van der Waals surface area contributed by atoms with Crippen molar-refractivity contribution in [2.24, 2.45) is 0 Å². The summed E-state index contributed by atoms with van der Waals surface area (Å²) < 4.78 is 0. The maximum Gasteiger partial charge on any atom is 0.319 e. The smallest absolute Gasteiger partial charge is 0.268 e. The van der Waals surface area contributed by atoms with Crippen LogP contribution in [0.15, 0.2) is 43.1 Å². The lowest BCUT2D eigenvalue weighted by Gasteiger charge is -2.11. The van der Waals surface area contributed by atoms with Crippen molar-refractivity contribution in [2.75, 3.05) is 11.4 Å². The van der Waals surface area contributed by atoms with Crippen molar-refractivity contribution in [1.82, 2.24) is 9.97 Å². The second-order valence-corrected chi connectivity index (χ2v) is 3.22. The zero-order valence-electron chi connectivity index (χ0n) is 8.63. The van der Waals surface area contributed by atoms with Gasteiger partial charge in [-0.2, -0.15) is 0 Å². The fourth-order valence-electron chi connectivity index (χ4n) is 1.38. The van der Waals surface area contributed by atoms with Crippen LogP contribution in [0.2, 0.25) is 0 Å². The first-order valence-electron chi connectivity index (χ1n) is 4.83. The molecule has 1 amide bonds. The van der Waals surface area contributed by atoms with Gasteiger partial charge in [-0.25, -0.2) is 9.97 Å². The molecule has 0 bridgehead atoms. The summed E-state index contributed by atoms with van der Waals surface area (Å²) in [6, 6.07) is 7.60. The Morgan fingerprint density at radius 1 is 1.44 bits per heavy atom. The first-order chi connectivity index (χ1) is 7.85. The van der Waals surface area contributed by atoms with E-state index in [1.54, 1.807) is 18.7 Å². The Morgan fingerprint density at radius 2 is 2.25 bits per heavy atom. The number of carbonyl (C=O) groups excluding carboxylic acids is 1. The van der Waals surface area contributed by atoms with Gasteiger partial charge < -0.3 is 0 Å². The molecule has 1 radical (unpaired) electrons. The number of amides is 1. The van der Waals surface area contributed by atoms with Crippen molar-refractivity contribution in [3.63, 3.8) is 0 Å². The van der Waals surface area contributed by atoms with Gasteiger partial charge in [-0.1, -0.05) is 24.3 Å². The minimum absolute atomic E-state index is 0.341. The van der Waals surface area contributed by atoms with Gasteiger partial charge in [0.25, 0.3) is 0 Å². The third kappa shape index (κ3) is 1.91. The normalized spacial score (nSPS) is 10.0. The standard InChI is InChI=1S/C12H10N3O/c1-2-7-15(9-16)12-13-8-10-5-3-4-6-11(10)14-12/h2-6,8H,1,7H2. The molecule has 0 atom stereocenters. The van der Waals surface area contributed by atoms with Crippen molar-refractivity contribution < 1.29 is 4.79 Å². The van der Waals surface area contributed by atoms with Gasteiger partial charge in [0, 0.05) is 18.1 Å². The lowest BCUT2D eigenvalue weighted by molar-refractivity contribution is 0.552. The summed E-state index contributed by atoms with van der Waals surface area (Å²) in [5.41, 5.74) is 0.803. The number of hydrogen-bond acceptors (Lipinski definition) is 3. The molecule has 0 N–H and O–H groups in total. The Kier molecular flexibility index (Phi) is 2.91. The summed E-state index contributed by atoms with van der Waals surface area (Å²) in [6.45, 7) is 3.91. The summed E-state index contributed by atoms with van der Waals surface area (Å²) in [7, 11) is 0. The zero-order chi connectivity index (χ0) is 11.4. The zero-order valence-corrected chi connectivity index (χ0v) is 8.63. The molecule has 79 valence electrons. The quantitative estimate of drug-likeness (QED) is 0.572. The number of para-hydroxylation sites is 1. The van der Waals surface area contributed by atoms with E-state index < -0.39 is 0 Å². The summed E-state index contributed by atoms with van der Waals surface area (Å²) in [4.78, 5) is 20.4. The molecule has 1 heterocycles. The van der Waals surface area contributed by atoms with E-state index in [1.165, 1.54) is 4.90 Å². The number of hydrogen-bond donors (Lipinski definition) is 0. The topological polar surface area (TPSA) is 46.1 Å². The SMILES string of the molecule is C=CCN([C]=O)c1ncc2ccccc2n1. The molecule has 4 heteroatoms. The molecule has 0 aliphatic carbocycles. The van der Waals surface area contributed by atoms with Crippen LogP contribution in [-0.2, 0) is 4.79 Å². The van der Waals surface area contributed by atoms with Crippen LogP contribution in [0.25, 0.3) is 10.9 Å². The molecular weight excluding hydrogens is 202 g/mol. The molecule has 2 rings (SSSR count). The van der Waals surface area contributed by atoms with Gasteiger partial charge in [0.1, 0.15) is 0 Å². The van der Waals surface area contributed by atoms with Crippen LogP contribution in [0.1, 0.15) is 0 Å². The lowest BCUT2D eigenvalue weighted by Crippen LogP contribution is -2.22. The molecule has 0 saturated heterocycles. The van der Waals surface area contributed by atoms with E-state index in [-0.39, 0.29) is 0 Å². The second kappa shape index (κ2) is 4.53. The number of anilines is 1. The molecule has 1 aromatic heterocycles. The molecule has 0 aliphatic rings. The van der Waals surface area contributed by atoms with Crippen LogP contribution in [-0.4, -0.2) is 22.9 Å². The molecule has 16 heavy (non-hydrogen) atoms. The molecule has 0 fully saturated rings. The number of fused-ring (bicyclic) bond motifs is 1. The highest BCUT2D eigenvalue weighted by Crippen LogP contribution is 2.13. The van der Waals surface area contributed by atoms with E-state index >= 15 is 0 Å². The van der Waals surface area contributed by atoms with Crippen LogP contribution >= 0.6 is 0 Å². The number of rotatable bonds is 4. The Bertz CT molecular complexity index is 524. The Hall–Kier alpha value is -2.23. The van der Waals surface area contributed by atoms with Gasteiger partial charge in [0.15, 0.2) is 0 Å². The van der Waals surface area contributed by atoms with Gasteiger partial charge in [0.05, 0.1) is 5.52 Å². The van der Waals surface area contributed by atoms with Gasteiger partial charge in [-0.05, 0) is 6.07 Å². The number of nitrogens with zero attached hydrogens (tertiary/aromatic N) is 3. The summed E-state index contributed by atoms with van der Waals surface area (Å²) in [5.74, 6) is 0.341. The number of aromatic nitrogens is 2. The first kappa shape index (κ1) is 10.3. The highest BCUT2D eigenvalue weighted by atomic mass is 16.1. The summed E-state index contributed by atoms with van der Waals surface area (Å²) >= 11 is 0. The van der Waals surface area contributed by atoms with E-state index in [2.05, 4.69) is 16.5 Å². The third-order valence-corrected chi connectivity index (χ3v) is 2.14. The third-order valence-electron chi connectivity index (χ3n) is 2.14. The minimum Gasteiger partial charge on any atom is -0.268 e. The summed E-state index contributed by atoms with van der Waals surface area (Å²) in [6.07, 6.45) is 5.06. The summed E-state index contributed by atoms with van der Waals surface area (Å²) in [5, 5.41) is 0.940. The van der Waals surface area contributed by atoms with Crippen molar-refractivity contribution in [3.05, 3.63) is 43.1 Å². The van der Waals surface area contributed by atoms with E-state index in [0.29, 0.717) is 12.5 Å². The predicted octanol–water partition coefficient (Wildman–Crippen LogP) is 1.69. The fourth-order valence-corrected chi connectivity index (χ4v) is 1.38. The van der Waals surface area contributed by atoms with Crippen LogP contribution in [0, 0.1) is 0 Å². The molecule has 0 aliphatic heterocycles. The average molecular weight is 212 g/mol. The molecule has 2 aromatic rings. The Morgan fingerprint density at radius 3 is 3.00 bits per heavy atom. The monoisotopic (exact) mass is 212 g/mol. The van der Waals surface area contributed by atoms with Crippen LogP contribution in [0.4, 0.5) is 5.95 Å². The van der Waals surface area contributed by atoms with Gasteiger partial charge >= 0.3 is 6.41 Å². The van der Waals surface area contributed by atoms with Gasteiger partial charge in [-0.15, -0.1) is 6.58 Å². The van der Waals surface area contributed by atoms with Crippen molar-refractivity contribution in [3.8, 4) is 0 Å². The highest BCUT2D eigenvalue weighted by molar-refractivity contribution is 5.80. The van der Waals surface area contributed by atoms with Crippen LogP contribution in [0.3, 0.4) is 0 Å². The van der Waals surface area contributed by atoms with E-state index in [9.17, 15) is 4.79 Å². The molecule has 1 aromatic carbocycles. The minimum atomic E-state index is 0.341. The van der Waals surface area contributed by atoms with Crippen molar-refractivity contribution in [2.45, 2.75) is 0 Å². The maximum absolute atomic E-state index is 10.7. The van der Waals surface area contributed by atoms with Crippen LogP contribution < -0.4 is 4.90 Å². The average Bonchev–Trinajstić information content (AvgIpc) is 2.35. The first-order valence-corrected chi connectivity index (χ1v) is 4.83. The Labute approximate surface area is 93.2 Å². The van der Waals surface area contributed by atoms with E-state index in [1.807, 2.05) is 24.3 Å². The molecule has 4 nitrogen and oxygen atoms in total. The van der Waals surface area contributed by atoms with Gasteiger partial charge in [0.2, 0.25) is 5.95 Å². The van der Waals surface area contributed by atoms with Crippen molar-refractivity contribution >= 4 is 23.3 Å². The van der Waals surface area contributed by atoms with Crippen LogP contribution in [0.5, 0.6) is 0 Å². The second-order valence-electron chi connectivity index (χ2n) is 3.22. The largest absolute Gasteiger partial charge is 0.319 e. The molecule has 0 spiro atoms. The van der Waals surface area contributed by atoms with Crippen molar-refractivity contribution in [1.29, 1.82) is 0 Å². The molecule has 0 unspecified atom stereocenters. The highest BCUT2D eigenvalue weighted by Gasteiger charge is 2.07. The predicted molar refractivity (Wildman–Crippen MR) is 62.8 cm³/mol. The van der Waals surface area contributed by atoms with E-state index in [0.717, 1.165) is 10.9 Å². The maximum atomic E-state index is 10.7. The van der Waals surface area contributed by atoms with Gasteiger partial charge in [-0.3, -0.25) is 9.69 Å².